The maximum Gasteiger partial charge on any atom is 0.350 e. The molecule has 0 radical (unpaired) electrons. The summed E-state index contributed by atoms with van der Waals surface area (Å²) in [5, 5.41) is 1.62. The summed E-state index contributed by atoms with van der Waals surface area (Å²) in [5.41, 5.74) is 0. The highest BCUT2D eigenvalue weighted by atomic mass is 35.5. The van der Waals surface area contributed by atoms with Gasteiger partial charge in [0.2, 0.25) is 0 Å². The molecule has 28 heavy (non-hydrogen) atoms. The first kappa shape index (κ1) is 21.4. The number of carbonyl (C=O) groups excluding carboxylic acids is 2. The van der Waals surface area contributed by atoms with Crippen LogP contribution in [-0.4, -0.2) is 24.6 Å². The Hall–Kier alpha value is -1.30. The summed E-state index contributed by atoms with van der Waals surface area (Å²) in [7, 11) is 0. The van der Waals surface area contributed by atoms with E-state index in [1.807, 2.05) is 0 Å². The first-order valence-electron chi connectivity index (χ1n) is 9.50. The van der Waals surface area contributed by atoms with Gasteiger partial charge in [-0.25, -0.2) is 9.59 Å². The van der Waals surface area contributed by atoms with Crippen LogP contribution < -0.4 is 0 Å². The van der Waals surface area contributed by atoms with Gasteiger partial charge in [-0.3, -0.25) is 0 Å². The van der Waals surface area contributed by atoms with Crippen LogP contribution in [0.25, 0.3) is 10.1 Å². The molecule has 0 saturated heterocycles. The van der Waals surface area contributed by atoms with Crippen molar-refractivity contribution in [3.63, 3.8) is 0 Å². The smallest absolute Gasteiger partial charge is 0.350 e. The number of thiophene rings is 1. The number of hydrogen-bond acceptors (Lipinski definition) is 5. The van der Waals surface area contributed by atoms with Gasteiger partial charge in [-0.05, 0) is 42.7 Å². The molecular formula is C21H24Cl2O4S. The molecule has 2 aromatic rings. The molecular weight excluding hydrogens is 419 g/mol. The van der Waals surface area contributed by atoms with Crippen molar-refractivity contribution >= 4 is 56.6 Å². The quantitative estimate of drug-likeness (QED) is 0.504. The van der Waals surface area contributed by atoms with Crippen molar-refractivity contribution < 1.29 is 19.1 Å². The van der Waals surface area contributed by atoms with Gasteiger partial charge in [-0.1, -0.05) is 56.5 Å². The van der Waals surface area contributed by atoms with E-state index in [1.165, 1.54) is 11.3 Å². The zero-order valence-corrected chi connectivity index (χ0v) is 18.5. The molecule has 1 fully saturated rings. The summed E-state index contributed by atoms with van der Waals surface area (Å²) in [5.74, 6) is 0.171. The number of fused-ring (bicyclic) bond motifs is 1. The maximum atomic E-state index is 12.4. The van der Waals surface area contributed by atoms with E-state index in [1.54, 1.807) is 18.2 Å². The molecule has 0 N–H and O–H groups in total. The lowest BCUT2D eigenvalue weighted by atomic mass is 9.75. The van der Waals surface area contributed by atoms with Crippen molar-refractivity contribution in [3.8, 4) is 0 Å². The van der Waals surface area contributed by atoms with Gasteiger partial charge in [0.05, 0.1) is 5.02 Å². The molecule has 0 amide bonds. The van der Waals surface area contributed by atoms with Crippen LogP contribution in [0.15, 0.2) is 18.2 Å². The highest BCUT2D eigenvalue weighted by Gasteiger charge is 2.33. The average Bonchev–Trinajstić information content (AvgIpc) is 2.95. The lowest BCUT2D eigenvalue weighted by molar-refractivity contribution is -0.159. The molecule has 1 aliphatic rings. The van der Waals surface area contributed by atoms with E-state index in [2.05, 4.69) is 20.8 Å². The predicted octanol–water partition coefficient (Wildman–Crippen LogP) is 6.37. The highest BCUT2D eigenvalue weighted by Crippen LogP contribution is 2.37. The monoisotopic (exact) mass is 442 g/mol. The maximum absolute atomic E-state index is 12.4. The van der Waals surface area contributed by atoms with E-state index >= 15 is 0 Å². The van der Waals surface area contributed by atoms with Crippen molar-refractivity contribution in [2.24, 2.45) is 17.8 Å². The molecule has 0 spiro atoms. The normalized spacial score (nSPS) is 22.4. The van der Waals surface area contributed by atoms with Crippen LogP contribution >= 0.6 is 34.5 Å². The molecule has 1 aliphatic carbocycles. The van der Waals surface area contributed by atoms with Gasteiger partial charge in [-0.2, -0.15) is 0 Å². The number of halogens is 2. The Kier molecular flexibility index (Phi) is 6.89. The van der Waals surface area contributed by atoms with Gasteiger partial charge >= 0.3 is 11.9 Å². The summed E-state index contributed by atoms with van der Waals surface area (Å²) >= 11 is 13.5. The van der Waals surface area contributed by atoms with Crippen LogP contribution in [0.2, 0.25) is 10.0 Å². The Bertz CT molecular complexity index is 877. The Balaban J connectivity index is 1.61. The molecule has 0 unspecified atom stereocenters. The van der Waals surface area contributed by atoms with E-state index in [0.29, 0.717) is 27.8 Å². The van der Waals surface area contributed by atoms with Crippen LogP contribution in [0.3, 0.4) is 0 Å². The molecule has 1 aromatic carbocycles. The van der Waals surface area contributed by atoms with Crippen molar-refractivity contribution in [1.29, 1.82) is 0 Å². The predicted molar refractivity (Wildman–Crippen MR) is 113 cm³/mol. The van der Waals surface area contributed by atoms with E-state index in [9.17, 15) is 9.59 Å². The summed E-state index contributed by atoms with van der Waals surface area (Å²) < 4.78 is 11.6. The number of ether oxygens (including phenoxy) is 2. The second-order valence-electron chi connectivity index (χ2n) is 7.82. The van der Waals surface area contributed by atoms with Crippen molar-refractivity contribution in [2.75, 3.05) is 6.61 Å². The number of carbonyl (C=O) groups is 2. The molecule has 3 atom stereocenters. The minimum atomic E-state index is -0.628. The standard InChI is InChI=1S/C21H24Cl2O4S/c1-11(2)14-6-4-12(3)8-16(14)27-18(24)10-26-21(25)20-19(23)15-7-5-13(22)9-17(15)28-20/h5,7,9,11-12,14,16H,4,6,8,10H2,1-3H3/t12-,14+,16-/m1/s1. The number of esters is 2. The summed E-state index contributed by atoms with van der Waals surface area (Å²) in [6, 6.07) is 5.22. The Morgan fingerprint density at radius 2 is 2.00 bits per heavy atom. The zero-order chi connectivity index (χ0) is 20.4. The number of benzene rings is 1. The summed E-state index contributed by atoms with van der Waals surface area (Å²) in [6.07, 6.45) is 2.94. The van der Waals surface area contributed by atoms with Crippen molar-refractivity contribution in [3.05, 3.63) is 33.1 Å². The van der Waals surface area contributed by atoms with E-state index < -0.39 is 18.5 Å². The van der Waals surface area contributed by atoms with Crippen LogP contribution in [0.1, 0.15) is 49.7 Å². The second kappa shape index (κ2) is 9.02. The lowest BCUT2D eigenvalue weighted by Crippen LogP contribution is -2.36. The first-order valence-corrected chi connectivity index (χ1v) is 11.1. The molecule has 4 nitrogen and oxygen atoms in total. The van der Waals surface area contributed by atoms with Gasteiger partial charge in [-0.15, -0.1) is 11.3 Å². The van der Waals surface area contributed by atoms with E-state index in [-0.39, 0.29) is 11.0 Å². The molecule has 7 heteroatoms. The molecule has 1 saturated carbocycles. The molecule has 3 rings (SSSR count). The van der Waals surface area contributed by atoms with Gasteiger partial charge < -0.3 is 9.47 Å². The van der Waals surface area contributed by atoms with Crippen LogP contribution in [0.4, 0.5) is 0 Å². The minimum absolute atomic E-state index is 0.120. The third-order valence-corrected chi connectivity index (χ3v) is 7.21. The topological polar surface area (TPSA) is 52.6 Å². The molecule has 1 aromatic heterocycles. The molecule has 152 valence electrons. The third kappa shape index (κ3) is 4.81. The van der Waals surface area contributed by atoms with E-state index in [4.69, 9.17) is 32.7 Å². The molecule has 1 heterocycles. The van der Waals surface area contributed by atoms with Crippen molar-refractivity contribution in [1.82, 2.24) is 0 Å². The lowest BCUT2D eigenvalue weighted by Gasteiger charge is -2.36. The average molecular weight is 443 g/mol. The third-order valence-electron chi connectivity index (χ3n) is 5.34. The Morgan fingerprint density at radius 3 is 2.71 bits per heavy atom. The fourth-order valence-corrected chi connectivity index (χ4v) is 5.49. The summed E-state index contributed by atoms with van der Waals surface area (Å²) in [6.45, 7) is 6.06. The molecule has 0 aliphatic heterocycles. The fourth-order valence-electron chi connectivity index (χ4n) is 3.81. The SMILES string of the molecule is CC(C)[C@@H]1CC[C@@H](C)C[C@H]1OC(=O)COC(=O)c1sc2cc(Cl)ccc2c1Cl. The zero-order valence-electron chi connectivity index (χ0n) is 16.2. The highest BCUT2D eigenvalue weighted by molar-refractivity contribution is 7.21. The summed E-state index contributed by atoms with van der Waals surface area (Å²) in [4.78, 5) is 24.9. The second-order valence-corrected chi connectivity index (χ2v) is 9.68. The Labute approximate surface area is 179 Å². The van der Waals surface area contributed by atoms with Crippen LogP contribution in [0, 0.1) is 17.8 Å². The Morgan fingerprint density at radius 1 is 1.25 bits per heavy atom. The van der Waals surface area contributed by atoms with Crippen molar-refractivity contribution in [2.45, 2.75) is 46.1 Å². The molecule has 0 bridgehead atoms. The van der Waals surface area contributed by atoms with Gasteiger partial charge in [0.25, 0.3) is 0 Å². The van der Waals surface area contributed by atoms with Crippen LogP contribution in [0.5, 0.6) is 0 Å². The number of hydrogen-bond donors (Lipinski definition) is 0. The minimum Gasteiger partial charge on any atom is -0.460 e. The number of rotatable bonds is 5. The van der Waals surface area contributed by atoms with Gasteiger partial charge in [0, 0.05) is 15.1 Å². The van der Waals surface area contributed by atoms with Crippen LogP contribution in [-0.2, 0) is 14.3 Å². The largest absolute Gasteiger partial charge is 0.460 e. The fraction of sp³-hybridized carbons (Fsp3) is 0.524. The van der Waals surface area contributed by atoms with Gasteiger partial charge in [0.15, 0.2) is 6.61 Å². The first-order chi connectivity index (χ1) is 13.3. The van der Waals surface area contributed by atoms with Gasteiger partial charge in [0.1, 0.15) is 11.0 Å². The van der Waals surface area contributed by atoms with E-state index in [0.717, 1.165) is 29.3 Å².